The summed E-state index contributed by atoms with van der Waals surface area (Å²) in [7, 11) is 1.58. The lowest BCUT2D eigenvalue weighted by Gasteiger charge is -2.17. The highest BCUT2D eigenvalue weighted by molar-refractivity contribution is 7.22. The molecule has 1 heterocycles. The van der Waals surface area contributed by atoms with Gasteiger partial charge in [-0.25, -0.2) is 4.98 Å². The number of thiazole rings is 1. The molecule has 1 amide bonds. The summed E-state index contributed by atoms with van der Waals surface area (Å²) >= 11 is 1.32. The number of ether oxygens (including phenoxy) is 1. The Morgan fingerprint density at radius 3 is 2.76 bits per heavy atom. The first-order valence-electron chi connectivity index (χ1n) is 6.29. The molecule has 0 saturated heterocycles. The van der Waals surface area contributed by atoms with Crippen LogP contribution < -0.4 is 10.1 Å². The summed E-state index contributed by atoms with van der Waals surface area (Å²) in [4.78, 5) is 27.2. The summed E-state index contributed by atoms with van der Waals surface area (Å²) < 4.78 is 6.02. The predicted molar refractivity (Wildman–Crippen MR) is 80.8 cm³/mol. The van der Waals surface area contributed by atoms with Gasteiger partial charge in [-0.05, 0) is 32.0 Å². The van der Waals surface area contributed by atoms with Crippen molar-refractivity contribution >= 4 is 38.6 Å². The van der Waals surface area contributed by atoms with Crippen LogP contribution in [0.25, 0.3) is 10.2 Å². The Bertz CT molecular complexity index is 693. The van der Waals surface area contributed by atoms with Crippen LogP contribution in [-0.4, -0.2) is 29.1 Å². The summed E-state index contributed by atoms with van der Waals surface area (Å²) in [5, 5.41) is 12.1. The number of benzene rings is 1. The van der Waals surface area contributed by atoms with E-state index < -0.39 is 11.4 Å². The number of amides is 1. The normalized spacial score (nSPS) is 11.4. The Morgan fingerprint density at radius 1 is 1.43 bits per heavy atom. The molecular weight excluding hydrogens is 292 g/mol. The van der Waals surface area contributed by atoms with Gasteiger partial charge in [0, 0.05) is 6.42 Å². The smallest absolute Gasteiger partial charge is 0.309 e. The summed E-state index contributed by atoms with van der Waals surface area (Å²) in [5.41, 5.74) is -0.349. The molecule has 0 aliphatic carbocycles. The molecule has 2 N–H and O–H groups in total. The van der Waals surface area contributed by atoms with E-state index in [2.05, 4.69) is 10.3 Å². The van der Waals surface area contributed by atoms with E-state index >= 15 is 0 Å². The lowest BCUT2D eigenvalue weighted by Crippen LogP contribution is -2.29. The maximum atomic E-state index is 11.9. The minimum absolute atomic E-state index is 0.110. The molecule has 1 aromatic carbocycles. The fraction of sp³-hybridized carbons (Fsp3) is 0.357. The molecule has 0 fully saturated rings. The molecular formula is C14H16N2O4S. The summed E-state index contributed by atoms with van der Waals surface area (Å²) in [6, 6.07) is 5.44. The molecule has 7 heteroatoms. The molecule has 0 spiro atoms. The van der Waals surface area contributed by atoms with E-state index in [9.17, 15) is 9.59 Å². The Balaban J connectivity index is 2.13. The topological polar surface area (TPSA) is 88.5 Å². The van der Waals surface area contributed by atoms with E-state index in [1.54, 1.807) is 13.2 Å². The number of aromatic nitrogens is 1. The number of carboxylic acid groups (broad SMARTS) is 1. The van der Waals surface area contributed by atoms with Gasteiger partial charge in [-0.1, -0.05) is 11.3 Å². The van der Waals surface area contributed by atoms with Crippen LogP contribution in [0.4, 0.5) is 5.13 Å². The van der Waals surface area contributed by atoms with Crippen molar-refractivity contribution in [1.29, 1.82) is 0 Å². The third-order valence-electron chi connectivity index (χ3n) is 3.02. The summed E-state index contributed by atoms with van der Waals surface area (Å²) in [6.07, 6.45) is -0.110. The maximum absolute atomic E-state index is 11.9. The molecule has 0 radical (unpaired) electrons. The van der Waals surface area contributed by atoms with E-state index in [1.807, 2.05) is 12.1 Å². The summed E-state index contributed by atoms with van der Waals surface area (Å²) in [5.74, 6) is -0.656. The molecule has 6 nitrogen and oxygen atoms in total. The predicted octanol–water partition coefficient (Wildman–Crippen LogP) is 2.74. The minimum Gasteiger partial charge on any atom is -0.497 e. The SMILES string of the molecule is COc1ccc2nc(NC(=O)CC(C)(C)C(=O)O)sc2c1. The van der Waals surface area contributed by atoms with Gasteiger partial charge in [0.1, 0.15) is 5.75 Å². The quantitative estimate of drug-likeness (QED) is 0.886. The highest BCUT2D eigenvalue weighted by Crippen LogP contribution is 2.30. The molecule has 0 unspecified atom stereocenters. The van der Waals surface area contributed by atoms with Crippen LogP contribution in [0.3, 0.4) is 0 Å². The second-order valence-corrected chi connectivity index (χ2v) is 6.30. The van der Waals surface area contributed by atoms with Crippen molar-refractivity contribution in [2.24, 2.45) is 5.41 Å². The summed E-state index contributed by atoms with van der Waals surface area (Å²) in [6.45, 7) is 3.02. The van der Waals surface area contributed by atoms with E-state index in [1.165, 1.54) is 25.2 Å². The first-order chi connectivity index (χ1) is 9.81. The Morgan fingerprint density at radius 2 is 2.14 bits per heavy atom. The van der Waals surface area contributed by atoms with Gasteiger partial charge < -0.3 is 15.2 Å². The van der Waals surface area contributed by atoms with Gasteiger partial charge in [0.2, 0.25) is 5.91 Å². The Labute approximate surface area is 125 Å². The average molecular weight is 308 g/mol. The largest absolute Gasteiger partial charge is 0.497 e. The van der Waals surface area contributed by atoms with E-state index in [0.29, 0.717) is 5.13 Å². The van der Waals surface area contributed by atoms with Crippen molar-refractivity contribution in [3.8, 4) is 5.75 Å². The Hall–Kier alpha value is -2.15. The molecule has 0 aliphatic heterocycles. The van der Waals surface area contributed by atoms with Gasteiger partial charge in [-0.2, -0.15) is 0 Å². The fourth-order valence-corrected chi connectivity index (χ4v) is 2.64. The van der Waals surface area contributed by atoms with Crippen LogP contribution in [0, 0.1) is 5.41 Å². The highest BCUT2D eigenvalue weighted by Gasteiger charge is 2.30. The minimum atomic E-state index is -1.11. The monoisotopic (exact) mass is 308 g/mol. The van der Waals surface area contributed by atoms with Crippen LogP contribution in [0.1, 0.15) is 20.3 Å². The van der Waals surface area contributed by atoms with Crippen LogP contribution in [0.5, 0.6) is 5.75 Å². The average Bonchev–Trinajstić information content (AvgIpc) is 2.78. The fourth-order valence-electron chi connectivity index (χ4n) is 1.73. The van der Waals surface area contributed by atoms with E-state index in [4.69, 9.17) is 9.84 Å². The third-order valence-corrected chi connectivity index (χ3v) is 3.96. The third kappa shape index (κ3) is 3.49. The number of nitrogens with zero attached hydrogens (tertiary/aromatic N) is 1. The highest BCUT2D eigenvalue weighted by atomic mass is 32.1. The molecule has 112 valence electrons. The second-order valence-electron chi connectivity index (χ2n) is 5.27. The van der Waals surface area contributed by atoms with E-state index in [-0.39, 0.29) is 12.3 Å². The molecule has 0 atom stereocenters. The van der Waals surface area contributed by atoms with Crippen molar-refractivity contribution in [3.05, 3.63) is 18.2 Å². The lowest BCUT2D eigenvalue weighted by molar-refractivity contribution is -0.148. The number of anilines is 1. The van der Waals surface area contributed by atoms with Crippen molar-refractivity contribution in [2.45, 2.75) is 20.3 Å². The molecule has 2 aromatic rings. The van der Waals surface area contributed by atoms with Crippen molar-refractivity contribution in [1.82, 2.24) is 4.98 Å². The number of carboxylic acids is 1. The molecule has 0 saturated carbocycles. The van der Waals surface area contributed by atoms with Gasteiger partial charge in [-0.3, -0.25) is 9.59 Å². The van der Waals surface area contributed by atoms with Crippen LogP contribution in [-0.2, 0) is 9.59 Å². The zero-order chi connectivity index (χ0) is 15.6. The van der Waals surface area contributed by atoms with Crippen molar-refractivity contribution in [2.75, 3.05) is 12.4 Å². The van der Waals surface area contributed by atoms with Gasteiger partial charge in [-0.15, -0.1) is 0 Å². The van der Waals surface area contributed by atoms with Crippen molar-refractivity contribution < 1.29 is 19.4 Å². The molecule has 1 aromatic heterocycles. The number of carbonyl (C=O) groups is 2. The number of hydrogen-bond acceptors (Lipinski definition) is 5. The number of nitrogens with one attached hydrogen (secondary N) is 1. The Kier molecular flexibility index (Phi) is 4.13. The lowest BCUT2D eigenvalue weighted by atomic mass is 9.89. The standard InChI is InChI=1S/C14H16N2O4S/c1-14(2,12(18)19)7-11(17)16-13-15-9-5-4-8(20-3)6-10(9)21-13/h4-6H,7H2,1-3H3,(H,18,19)(H,15,16,17). The van der Waals surface area contributed by atoms with Crippen molar-refractivity contribution in [3.63, 3.8) is 0 Å². The second kappa shape index (κ2) is 5.69. The number of aliphatic carboxylic acids is 1. The maximum Gasteiger partial charge on any atom is 0.309 e. The zero-order valence-corrected chi connectivity index (χ0v) is 12.8. The zero-order valence-electron chi connectivity index (χ0n) is 12.0. The number of methoxy groups -OCH3 is 1. The van der Waals surface area contributed by atoms with Crippen LogP contribution >= 0.6 is 11.3 Å². The number of rotatable bonds is 5. The molecule has 0 aliphatic rings. The van der Waals surface area contributed by atoms with Gasteiger partial charge in [0.05, 0.1) is 22.7 Å². The molecule has 21 heavy (non-hydrogen) atoms. The first-order valence-corrected chi connectivity index (χ1v) is 7.11. The molecule has 2 rings (SSSR count). The molecule has 0 bridgehead atoms. The van der Waals surface area contributed by atoms with Gasteiger partial charge >= 0.3 is 5.97 Å². The van der Waals surface area contributed by atoms with Crippen LogP contribution in [0.15, 0.2) is 18.2 Å². The number of fused-ring (bicyclic) bond motifs is 1. The number of hydrogen-bond donors (Lipinski definition) is 2. The first kappa shape index (κ1) is 15.2. The van der Waals surface area contributed by atoms with Gasteiger partial charge in [0.25, 0.3) is 0 Å². The van der Waals surface area contributed by atoms with E-state index in [0.717, 1.165) is 16.0 Å². The number of carbonyl (C=O) groups excluding carboxylic acids is 1. The van der Waals surface area contributed by atoms with Crippen LogP contribution in [0.2, 0.25) is 0 Å². The van der Waals surface area contributed by atoms with Gasteiger partial charge in [0.15, 0.2) is 5.13 Å².